The average molecular weight is 559 g/mol. The van der Waals surface area contributed by atoms with Crippen LogP contribution in [0.2, 0.25) is 0 Å². The molecule has 2 aromatic heterocycles. The predicted molar refractivity (Wildman–Crippen MR) is 143 cm³/mol. The number of anilines is 2. The van der Waals surface area contributed by atoms with Gasteiger partial charge in [-0.2, -0.15) is 13.2 Å². The fourth-order valence-electron chi connectivity index (χ4n) is 3.92. The number of hydrogen-bond acceptors (Lipinski definition) is 6. The molecule has 39 heavy (non-hydrogen) atoms. The van der Waals surface area contributed by atoms with Gasteiger partial charge in [0.05, 0.1) is 42.6 Å². The molecule has 2 aromatic carbocycles. The highest BCUT2D eigenvalue weighted by molar-refractivity contribution is 7.20. The van der Waals surface area contributed by atoms with Crippen molar-refractivity contribution < 1.29 is 32.2 Å². The van der Waals surface area contributed by atoms with Crippen molar-refractivity contribution in [2.45, 2.75) is 26.9 Å². The summed E-state index contributed by atoms with van der Waals surface area (Å²) >= 11 is 1.17. The number of carbonyl (C=O) groups is 2. The van der Waals surface area contributed by atoms with E-state index in [0.29, 0.717) is 16.2 Å². The lowest BCUT2D eigenvalue weighted by molar-refractivity contribution is -0.137. The molecule has 0 unspecified atom stereocenters. The second-order valence-corrected chi connectivity index (χ2v) is 9.46. The van der Waals surface area contributed by atoms with E-state index in [0.717, 1.165) is 41.2 Å². The molecule has 2 amide bonds. The van der Waals surface area contributed by atoms with Crippen LogP contribution >= 0.6 is 11.3 Å². The van der Waals surface area contributed by atoms with E-state index in [9.17, 15) is 22.8 Å². The molecular formula is C27H25F3N4O4S. The van der Waals surface area contributed by atoms with Crippen molar-refractivity contribution in [2.24, 2.45) is 0 Å². The Morgan fingerprint density at radius 2 is 1.79 bits per heavy atom. The number of urea groups is 1. The highest BCUT2D eigenvalue weighted by Crippen LogP contribution is 2.42. The van der Waals surface area contributed by atoms with Crippen LogP contribution in [0.25, 0.3) is 16.1 Å². The Bertz CT molecular complexity index is 1510. The standard InChI is InChI=1S/C27H25F3N4O4S/c1-5-38-25(35)22-16(3)23(17-6-11-20(21(12-17)37-4)34-13-15(2)31-14-34)39-24(22)33-26(36)32-19-9-7-18(8-10-19)27(28,29)30/h6-14H,5H2,1-4H3,(H2,32,33,36). The Morgan fingerprint density at radius 3 is 2.38 bits per heavy atom. The number of halogens is 3. The van der Waals surface area contributed by atoms with Gasteiger partial charge in [0.1, 0.15) is 10.8 Å². The molecule has 0 spiro atoms. The number of thiophene rings is 1. The molecular weight excluding hydrogens is 533 g/mol. The van der Waals surface area contributed by atoms with Crippen molar-refractivity contribution in [2.75, 3.05) is 24.4 Å². The van der Waals surface area contributed by atoms with Crippen molar-refractivity contribution in [1.82, 2.24) is 9.55 Å². The quantitative estimate of drug-likeness (QED) is 0.237. The molecule has 0 atom stereocenters. The average Bonchev–Trinajstić information content (AvgIpc) is 3.46. The molecule has 2 N–H and O–H groups in total. The molecule has 204 valence electrons. The summed E-state index contributed by atoms with van der Waals surface area (Å²) in [6.07, 6.45) is -0.942. The molecule has 0 bridgehead atoms. The van der Waals surface area contributed by atoms with Gasteiger partial charge in [-0.15, -0.1) is 11.3 Å². The number of ether oxygens (including phenoxy) is 2. The van der Waals surface area contributed by atoms with Crippen LogP contribution in [0.3, 0.4) is 0 Å². The third-order valence-corrected chi connectivity index (χ3v) is 7.01. The normalized spacial score (nSPS) is 11.3. The molecule has 0 aliphatic carbocycles. The van der Waals surface area contributed by atoms with Gasteiger partial charge in [0.25, 0.3) is 0 Å². The summed E-state index contributed by atoms with van der Waals surface area (Å²) in [6, 6.07) is 8.87. The summed E-state index contributed by atoms with van der Waals surface area (Å²) in [6.45, 7) is 5.43. The van der Waals surface area contributed by atoms with Crippen molar-refractivity contribution in [1.29, 1.82) is 0 Å². The van der Waals surface area contributed by atoms with Gasteiger partial charge in [0, 0.05) is 16.8 Å². The lowest BCUT2D eigenvalue weighted by Crippen LogP contribution is -2.20. The summed E-state index contributed by atoms with van der Waals surface area (Å²) in [5, 5.41) is 5.37. The number of amides is 2. The van der Waals surface area contributed by atoms with Gasteiger partial charge in [-0.25, -0.2) is 14.6 Å². The molecule has 0 aliphatic heterocycles. The number of nitrogens with zero attached hydrogens (tertiary/aromatic N) is 2. The van der Waals surface area contributed by atoms with E-state index in [-0.39, 0.29) is 22.9 Å². The van der Waals surface area contributed by atoms with E-state index in [1.54, 1.807) is 27.3 Å². The van der Waals surface area contributed by atoms with Gasteiger partial charge in [-0.1, -0.05) is 6.07 Å². The molecule has 4 aromatic rings. The summed E-state index contributed by atoms with van der Waals surface area (Å²) < 4.78 is 51.2. The summed E-state index contributed by atoms with van der Waals surface area (Å²) in [5.74, 6) is -0.0373. The fourth-order valence-corrected chi connectivity index (χ4v) is 5.11. The minimum Gasteiger partial charge on any atom is -0.495 e. The van der Waals surface area contributed by atoms with Crippen LogP contribution in [0.4, 0.5) is 28.7 Å². The van der Waals surface area contributed by atoms with Crippen LogP contribution in [-0.4, -0.2) is 35.3 Å². The number of esters is 1. The Labute approximate surface area is 226 Å². The number of benzene rings is 2. The first-order valence-electron chi connectivity index (χ1n) is 11.8. The maximum atomic E-state index is 12.8. The second-order valence-electron chi connectivity index (χ2n) is 8.44. The number of alkyl halides is 3. The number of carbonyl (C=O) groups excluding carboxylic acids is 2. The first-order valence-corrected chi connectivity index (χ1v) is 12.6. The SMILES string of the molecule is CCOC(=O)c1c(NC(=O)Nc2ccc(C(F)(F)F)cc2)sc(-c2ccc(-n3cnc(C)c3)c(OC)c2)c1C. The number of nitrogens with one attached hydrogen (secondary N) is 2. The van der Waals surface area contributed by atoms with Crippen LogP contribution < -0.4 is 15.4 Å². The van der Waals surface area contributed by atoms with E-state index in [2.05, 4.69) is 15.6 Å². The molecule has 0 saturated heterocycles. The Kier molecular flexibility index (Phi) is 7.95. The zero-order chi connectivity index (χ0) is 28.3. The van der Waals surface area contributed by atoms with Crippen molar-refractivity contribution in [3.8, 4) is 21.9 Å². The molecule has 0 fully saturated rings. The van der Waals surface area contributed by atoms with E-state index >= 15 is 0 Å². The van der Waals surface area contributed by atoms with Gasteiger partial charge in [-0.05, 0) is 68.3 Å². The van der Waals surface area contributed by atoms with Gasteiger partial charge in [0.15, 0.2) is 0 Å². The van der Waals surface area contributed by atoms with Gasteiger partial charge < -0.3 is 19.4 Å². The fraction of sp³-hybridized carbons (Fsp3) is 0.222. The number of imidazole rings is 1. The third-order valence-electron chi connectivity index (χ3n) is 5.76. The Hall–Kier alpha value is -4.32. The molecule has 2 heterocycles. The number of aryl methyl sites for hydroxylation is 1. The number of hydrogen-bond donors (Lipinski definition) is 2. The van der Waals surface area contributed by atoms with Crippen LogP contribution in [0.5, 0.6) is 5.75 Å². The summed E-state index contributed by atoms with van der Waals surface area (Å²) in [5.41, 5.74) is 2.47. The van der Waals surface area contributed by atoms with Crippen molar-refractivity contribution in [3.05, 3.63) is 77.4 Å². The maximum Gasteiger partial charge on any atom is 0.416 e. The molecule has 8 nitrogen and oxygen atoms in total. The number of rotatable bonds is 7. The monoisotopic (exact) mass is 558 g/mol. The molecule has 0 saturated carbocycles. The number of methoxy groups -OCH3 is 1. The molecule has 0 radical (unpaired) electrons. The van der Waals surface area contributed by atoms with E-state index < -0.39 is 23.7 Å². The lowest BCUT2D eigenvalue weighted by Gasteiger charge is -2.11. The zero-order valence-corrected chi connectivity index (χ0v) is 22.3. The smallest absolute Gasteiger partial charge is 0.416 e. The van der Waals surface area contributed by atoms with E-state index in [1.165, 1.54) is 11.3 Å². The first kappa shape index (κ1) is 27.7. The van der Waals surface area contributed by atoms with Crippen molar-refractivity contribution >= 4 is 34.0 Å². The topological polar surface area (TPSA) is 94.5 Å². The minimum absolute atomic E-state index is 0.132. The second kappa shape index (κ2) is 11.2. The zero-order valence-electron chi connectivity index (χ0n) is 21.5. The largest absolute Gasteiger partial charge is 0.495 e. The van der Waals surface area contributed by atoms with E-state index in [4.69, 9.17) is 9.47 Å². The third kappa shape index (κ3) is 6.06. The minimum atomic E-state index is -4.49. The summed E-state index contributed by atoms with van der Waals surface area (Å²) in [7, 11) is 1.55. The van der Waals surface area contributed by atoms with Gasteiger partial charge >= 0.3 is 18.2 Å². The van der Waals surface area contributed by atoms with Crippen molar-refractivity contribution in [3.63, 3.8) is 0 Å². The predicted octanol–water partition coefficient (Wildman–Crippen LogP) is 7.07. The highest BCUT2D eigenvalue weighted by Gasteiger charge is 2.30. The molecule has 12 heteroatoms. The first-order chi connectivity index (χ1) is 18.5. The molecule has 4 rings (SSSR count). The lowest BCUT2D eigenvalue weighted by atomic mass is 10.1. The van der Waals surface area contributed by atoms with E-state index in [1.807, 2.05) is 35.9 Å². The number of aromatic nitrogens is 2. The van der Waals surface area contributed by atoms with Crippen LogP contribution in [0.15, 0.2) is 55.0 Å². The van der Waals surface area contributed by atoms with Gasteiger partial charge in [-0.3, -0.25) is 5.32 Å². The van der Waals surface area contributed by atoms with Crippen LogP contribution in [0, 0.1) is 13.8 Å². The van der Waals surface area contributed by atoms with Gasteiger partial charge in [0.2, 0.25) is 0 Å². The maximum absolute atomic E-state index is 12.8. The Morgan fingerprint density at radius 1 is 1.08 bits per heavy atom. The highest BCUT2D eigenvalue weighted by atomic mass is 32.1. The van der Waals surface area contributed by atoms with Crippen LogP contribution in [-0.2, 0) is 10.9 Å². The summed E-state index contributed by atoms with van der Waals surface area (Å²) in [4.78, 5) is 30.5. The van der Waals surface area contributed by atoms with Crippen LogP contribution in [0.1, 0.15) is 34.1 Å². The molecule has 0 aliphatic rings. The Balaban J connectivity index is 1.65.